The second kappa shape index (κ2) is 7.70. The predicted molar refractivity (Wildman–Crippen MR) is 109 cm³/mol. The molecule has 0 saturated carbocycles. The van der Waals surface area contributed by atoms with Crippen LogP contribution in [0, 0.1) is 0 Å². The molecule has 2 N–H and O–H groups in total. The Morgan fingerprint density at radius 2 is 1.93 bits per heavy atom. The lowest BCUT2D eigenvalue weighted by Gasteiger charge is -2.43. The molecule has 1 heterocycles. The molecule has 0 fully saturated rings. The van der Waals surface area contributed by atoms with E-state index in [-0.39, 0.29) is 16.4 Å². The molecule has 2 aromatic carbocycles. The molecule has 0 radical (unpaired) electrons. The highest BCUT2D eigenvalue weighted by atomic mass is 32.2. The minimum Gasteiger partial charge on any atom is -0.508 e. The highest BCUT2D eigenvalue weighted by molar-refractivity contribution is 7.91. The van der Waals surface area contributed by atoms with E-state index >= 15 is 0 Å². The lowest BCUT2D eigenvalue weighted by Crippen LogP contribution is -2.52. The molecule has 0 saturated heterocycles. The van der Waals surface area contributed by atoms with Gasteiger partial charge in [-0.15, -0.1) is 0 Å². The molecule has 150 valence electrons. The van der Waals surface area contributed by atoms with E-state index in [2.05, 4.69) is 6.58 Å². The molecule has 1 aliphatic heterocycles. The maximum absolute atomic E-state index is 13.4. The average Bonchev–Trinajstić information content (AvgIpc) is 2.73. The lowest BCUT2D eigenvalue weighted by atomic mass is 9.84. The second-order valence-electron chi connectivity index (χ2n) is 7.55. The van der Waals surface area contributed by atoms with Crippen LogP contribution in [0.15, 0.2) is 65.6 Å². The number of hydrogen-bond acceptors (Lipinski definition) is 5. The van der Waals surface area contributed by atoms with E-state index in [1.807, 2.05) is 37.3 Å². The molecule has 6 heteroatoms. The highest BCUT2D eigenvalue weighted by Gasteiger charge is 2.49. The first kappa shape index (κ1) is 20.6. The van der Waals surface area contributed by atoms with Gasteiger partial charge >= 0.3 is 0 Å². The van der Waals surface area contributed by atoms with Crippen LogP contribution in [0.3, 0.4) is 0 Å². The number of unbranched alkanes of at least 4 members (excludes halogenated alkanes) is 1. The molecule has 2 atom stereocenters. The Labute approximate surface area is 166 Å². The Bertz CT molecular complexity index is 971. The van der Waals surface area contributed by atoms with E-state index in [9.17, 15) is 18.7 Å². The minimum absolute atomic E-state index is 0.0556. The van der Waals surface area contributed by atoms with Gasteiger partial charge in [-0.1, -0.05) is 68.3 Å². The van der Waals surface area contributed by atoms with Crippen LogP contribution in [0.4, 0.5) is 0 Å². The fraction of sp³-hybridized carbons (Fsp3) is 0.364. The number of rotatable bonds is 5. The van der Waals surface area contributed by atoms with E-state index in [1.54, 1.807) is 13.0 Å². The number of hydrogen-bond donors (Lipinski definition) is 2. The van der Waals surface area contributed by atoms with Gasteiger partial charge < -0.3 is 10.3 Å². The van der Waals surface area contributed by atoms with E-state index in [4.69, 9.17) is 0 Å². The maximum atomic E-state index is 13.4. The summed E-state index contributed by atoms with van der Waals surface area (Å²) in [4.78, 5) is 0.0556. The van der Waals surface area contributed by atoms with E-state index in [0.717, 1.165) is 18.4 Å². The smallest absolute Gasteiger partial charge is 0.181 e. The molecule has 1 aliphatic rings. The number of benzene rings is 2. The van der Waals surface area contributed by atoms with Crippen molar-refractivity contribution in [3.05, 3.63) is 71.8 Å². The van der Waals surface area contributed by atoms with Gasteiger partial charge in [-0.2, -0.15) is 5.06 Å². The summed E-state index contributed by atoms with van der Waals surface area (Å²) < 4.78 is 26.7. The van der Waals surface area contributed by atoms with Gasteiger partial charge in [0.2, 0.25) is 0 Å². The van der Waals surface area contributed by atoms with Gasteiger partial charge in [-0.25, -0.2) is 8.42 Å². The molecule has 0 bridgehead atoms. The number of phenolic OH excluding ortho intramolecular Hbond substituents is 1. The van der Waals surface area contributed by atoms with Gasteiger partial charge in [0.1, 0.15) is 5.75 Å². The predicted octanol–water partition coefficient (Wildman–Crippen LogP) is 4.47. The zero-order valence-electron chi connectivity index (χ0n) is 16.3. The summed E-state index contributed by atoms with van der Waals surface area (Å²) in [5.41, 5.74) is 0.705. The molecule has 2 aromatic rings. The SMILES string of the molecule is C=C(C)[C@@]1(CCCC)CS(=O)(=O)c2cc(O)ccc2[C@@H](c2ccccc2)N1O. The molecule has 0 aliphatic carbocycles. The van der Waals surface area contributed by atoms with E-state index in [1.165, 1.54) is 17.2 Å². The normalized spacial score (nSPS) is 24.3. The summed E-state index contributed by atoms with van der Waals surface area (Å²) in [5, 5.41) is 22.6. The van der Waals surface area contributed by atoms with Crippen molar-refractivity contribution >= 4 is 9.84 Å². The zero-order chi connectivity index (χ0) is 20.5. The summed E-state index contributed by atoms with van der Waals surface area (Å²) in [6.07, 6.45) is 2.09. The van der Waals surface area contributed by atoms with Crippen LogP contribution in [0.1, 0.15) is 50.3 Å². The van der Waals surface area contributed by atoms with Crippen LogP contribution in [-0.4, -0.2) is 35.1 Å². The Balaban J connectivity index is 2.33. The zero-order valence-corrected chi connectivity index (χ0v) is 17.1. The Kier molecular flexibility index (Phi) is 5.66. The first-order valence-electron chi connectivity index (χ1n) is 9.48. The van der Waals surface area contributed by atoms with Crippen LogP contribution in [0.2, 0.25) is 0 Å². The fourth-order valence-electron chi connectivity index (χ4n) is 4.00. The highest BCUT2D eigenvalue weighted by Crippen LogP contribution is 2.45. The maximum Gasteiger partial charge on any atom is 0.181 e. The Morgan fingerprint density at radius 3 is 2.54 bits per heavy atom. The third kappa shape index (κ3) is 3.48. The molecule has 3 rings (SSSR count). The largest absolute Gasteiger partial charge is 0.508 e. The van der Waals surface area contributed by atoms with Crippen molar-refractivity contribution in [2.75, 3.05) is 5.75 Å². The average molecular weight is 402 g/mol. The Morgan fingerprint density at radius 1 is 1.25 bits per heavy atom. The molecular weight excluding hydrogens is 374 g/mol. The van der Waals surface area contributed by atoms with Crippen LogP contribution < -0.4 is 0 Å². The number of hydroxylamine groups is 2. The molecule has 5 nitrogen and oxygen atoms in total. The van der Waals surface area contributed by atoms with Crippen LogP contribution in [0.5, 0.6) is 5.75 Å². The molecular formula is C22H27NO4S. The monoisotopic (exact) mass is 401 g/mol. The molecule has 0 spiro atoms. The van der Waals surface area contributed by atoms with Crippen molar-refractivity contribution in [1.82, 2.24) is 5.06 Å². The number of phenols is 1. The first-order valence-corrected chi connectivity index (χ1v) is 11.1. The van der Waals surface area contributed by atoms with Crippen LogP contribution in [0.25, 0.3) is 0 Å². The molecule has 0 amide bonds. The van der Waals surface area contributed by atoms with Gasteiger partial charge in [0, 0.05) is 0 Å². The lowest BCUT2D eigenvalue weighted by molar-refractivity contribution is -0.179. The van der Waals surface area contributed by atoms with Crippen molar-refractivity contribution in [2.24, 2.45) is 0 Å². The van der Waals surface area contributed by atoms with Gasteiger partial charge in [0.15, 0.2) is 9.84 Å². The number of nitrogens with zero attached hydrogens (tertiary/aromatic N) is 1. The molecule has 0 aromatic heterocycles. The third-order valence-electron chi connectivity index (χ3n) is 5.59. The number of aromatic hydroxyl groups is 1. The number of fused-ring (bicyclic) bond motifs is 1. The van der Waals surface area contributed by atoms with Crippen molar-refractivity contribution in [3.8, 4) is 5.75 Å². The van der Waals surface area contributed by atoms with Crippen molar-refractivity contribution in [2.45, 2.75) is 49.6 Å². The number of sulfone groups is 1. The first-order chi connectivity index (χ1) is 13.2. The summed E-state index contributed by atoms with van der Waals surface area (Å²) in [5.74, 6) is -0.402. The minimum atomic E-state index is -3.78. The quantitative estimate of drug-likeness (QED) is 0.723. The summed E-state index contributed by atoms with van der Waals surface area (Å²) >= 11 is 0. The van der Waals surface area contributed by atoms with E-state index in [0.29, 0.717) is 17.6 Å². The van der Waals surface area contributed by atoms with E-state index < -0.39 is 21.4 Å². The summed E-state index contributed by atoms with van der Waals surface area (Å²) in [7, 11) is -3.78. The summed E-state index contributed by atoms with van der Waals surface area (Å²) in [6, 6.07) is 12.9. The van der Waals surface area contributed by atoms with Gasteiger partial charge in [-0.3, -0.25) is 0 Å². The van der Waals surface area contributed by atoms with Gasteiger partial charge in [0.05, 0.1) is 22.2 Å². The molecule has 0 unspecified atom stereocenters. The molecule has 28 heavy (non-hydrogen) atoms. The van der Waals surface area contributed by atoms with Crippen LogP contribution >= 0.6 is 0 Å². The van der Waals surface area contributed by atoms with Crippen molar-refractivity contribution < 1.29 is 18.7 Å². The second-order valence-corrected chi connectivity index (χ2v) is 9.51. The van der Waals surface area contributed by atoms with Gasteiger partial charge in [0.25, 0.3) is 0 Å². The van der Waals surface area contributed by atoms with Gasteiger partial charge in [-0.05, 0) is 36.6 Å². The standard InChI is InChI=1S/C22H27NO4S/c1-4-5-13-22(16(2)3)15-28(26,27)20-14-18(24)11-12-19(20)21(23(22)25)17-9-7-6-8-10-17/h6-12,14,21,24-25H,2,4-5,13,15H2,1,3H3/t21-,22-/m1/s1. The summed E-state index contributed by atoms with van der Waals surface area (Å²) in [6.45, 7) is 7.85. The third-order valence-corrected chi connectivity index (χ3v) is 7.47. The fourth-order valence-corrected chi connectivity index (χ4v) is 6.15. The van der Waals surface area contributed by atoms with Crippen LogP contribution in [-0.2, 0) is 9.84 Å². The topological polar surface area (TPSA) is 77.8 Å². The Hall–Kier alpha value is -2.15. The van der Waals surface area contributed by atoms with Crippen molar-refractivity contribution in [3.63, 3.8) is 0 Å². The van der Waals surface area contributed by atoms with Crippen molar-refractivity contribution in [1.29, 1.82) is 0 Å².